The number of ether oxygens (including phenoxy) is 1. The molecule has 4 nitrogen and oxygen atoms in total. The highest BCUT2D eigenvalue weighted by Gasteiger charge is 2.09. The number of methoxy groups -OCH3 is 1. The molecule has 0 fully saturated rings. The van der Waals surface area contributed by atoms with Gasteiger partial charge in [-0.05, 0) is 42.8 Å². The third kappa shape index (κ3) is 3.41. The summed E-state index contributed by atoms with van der Waals surface area (Å²) < 4.78 is 12.7. The van der Waals surface area contributed by atoms with E-state index in [1.54, 1.807) is 18.4 Å². The number of nitrogens with zero attached hydrogens (tertiary/aromatic N) is 2. The van der Waals surface area contributed by atoms with Gasteiger partial charge in [-0.2, -0.15) is 0 Å². The van der Waals surface area contributed by atoms with Gasteiger partial charge < -0.3 is 9.15 Å². The highest BCUT2D eigenvalue weighted by atomic mass is 32.1. The number of hydrogen-bond donors (Lipinski definition) is 0. The van der Waals surface area contributed by atoms with Crippen molar-refractivity contribution in [2.75, 3.05) is 7.11 Å². The van der Waals surface area contributed by atoms with E-state index < -0.39 is 0 Å². The Bertz CT molecular complexity index is 1400. The molecule has 0 saturated heterocycles. The molecule has 0 radical (unpaired) electrons. The zero-order valence-electron chi connectivity index (χ0n) is 16.0. The molecule has 0 amide bonds. The van der Waals surface area contributed by atoms with Crippen molar-refractivity contribution in [1.29, 1.82) is 0 Å². The van der Waals surface area contributed by atoms with Gasteiger partial charge in [0.25, 0.3) is 0 Å². The fraction of sp³-hybridized carbons (Fsp3) is 0.0833. The number of thiazole rings is 1. The maximum Gasteiger partial charge on any atom is 0.210 e. The average Bonchev–Trinajstić information content (AvgIpc) is 3.15. The number of benzene rings is 3. The van der Waals surface area contributed by atoms with Crippen LogP contribution in [0.1, 0.15) is 5.56 Å². The predicted molar refractivity (Wildman–Crippen MR) is 118 cm³/mol. The van der Waals surface area contributed by atoms with E-state index in [1.807, 2.05) is 60.7 Å². The molecule has 0 aliphatic rings. The highest BCUT2D eigenvalue weighted by Crippen LogP contribution is 2.29. The number of hydrogen-bond acceptors (Lipinski definition) is 5. The molecule has 5 heteroatoms. The SMILES string of the molecule is COc1ccc2oc(-c3ccccc3)cc(=Nc3nc4ccc(C)cc4s3)c2c1. The summed E-state index contributed by atoms with van der Waals surface area (Å²) >= 11 is 1.59. The summed E-state index contributed by atoms with van der Waals surface area (Å²) in [5, 5.41) is 2.42. The van der Waals surface area contributed by atoms with Gasteiger partial charge in [-0.15, -0.1) is 0 Å². The molecule has 0 aliphatic heterocycles. The molecule has 0 atom stereocenters. The maximum absolute atomic E-state index is 6.17. The molecule has 142 valence electrons. The van der Waals surface area contributed by atoms with E-state index >= 15 is 0 Å². The third-order valence-electron chi connectivity index (χ3n) is 4.76. The minimum atomic E-state index is 0.722. The first-order valence-corrected chi connectivity index (χ1v) is 10.1. The van der Waals surface area contributed by atoms with E-state index in [2.05, 4.69) is 19.1 Å². The van der Waals surface area contributed by atoms with Crippen molar-refractivity contribution >= 4 is 37.7 Å². The van der Waals surface area contributed by atoms with Gasteiger partial charge in [0.1, 0.15) is 17.1 Å². The molecular formula is C24H18N2O2S. The molecule has 29 heavy (non-hydrogen) atoms. The smallest absolute Gasteiger partial charge is 0.210 e. The maximum atomic E-state index is 6.17. The van der Waals surface area contributed by atoms with Gasteiger partial charge in [0.2, 0.25) is 5.13 Å². The zero-order chi connectivity index (χ0) is 19.8. The van der Waals surface area contributed by atoms with Crippen molar-refractivity contribution in [3.8, 4) is 17.1 Å². The van der Waals surface area contributed by atoms with E-state index in [-0.39, 0.29) is 0 Å². The summed E-state index contributed by atoms with van der Waals surface area (Å²) in [6.07, 6.45) is 0. The molecule has 5 rings (SSSR count). The van der Waals surface area contributed by atoms with Gasteiger partial charge in [0.05, 0.1) is 22.7 Å². The minimum Gasteiger partial charge on any atom is -0.497 e. The minimum absolute atomic E-state index is 0.722. The highest BCUT2D eigenvalue weighted by molar-refractivity contribution is 7.21. The fourth-order valence-electron chi connectivity index (χ4n) is 3.28. The predicted octanol–water partition coefficient (Wildman–Crippen LogP) is 6.26. The van der Waals surface area contributed by atoms with Gasteiger partial charge in [-0.3, -0.25) is 0 Å². The van der Waals surface area contributed by atoms with Gasteiger partial charge in [-0.25, -0.2) is 9.98 Å². The Kier molecular flexibility index (Phi) is 4.37. The van der Waals surface area contributed by atoms with E-state index in [0.717, 1.165) is 48.7 Å². The summed E-state index contributed by atoms with van der Waals surface area (Å²) in [7, 11) is 1.66. The van der Waals surface area contributed by atoms with E-state index in [4.69, 9.17) is 19.1 Å². The molecule has 0 bridgehead atoms. The lowest BCUT2D eigenvalue weighted by Gasteiger charge is -2.06. The number of rotatable bonds is 3. The molecule has 5 aromatic rings. The summed E-state index contributed by atoms with van der Waals surface area (Å²) in [6.45, 7) is 2.08. The van der Waals surface area contributed by atoms with Crippen LogP contribution in [0.2, 0.25) is 0 Å². The first-order chi connectivity index (χ1) is 14.2. The Morgan fingerprint density at radius 1 is 0.966 bits per heavy atom. The van der Waals surface area contributed by atoms with Gasteiger partial charge in [0.15, 0.2) is 0 Å². The molecule has 2 aromatic heterocycles. The lowest BCUT2D eigenvalue weighted by atomic mass is 10.1. The second-order valence-electron chi connectivity index (χ2n) is 6.80. The molecule has 0 saturated carbocycles. The average molecular weight is 398 g/mol. The van der Waals surface area contributed by atoms with E-state index in [0.29, 0.717) is 0 Å². The van der Waals surface area contributed by atoms with Crippen LogP contribution in [0.25, 0.3) is 32.5 Å². The number of fused-ring (bicyclic) bond motifs is 2. The summed E-state index contributed by atoms with van der Waals surface area (Å²) in [6, 6.07) is 24.0. The summed E-state index contributed by atoms with van der Waals surface area (Å²) in [5.74, 6) is 1.52. The molecule has 0 N–H and O–H groups in total. The normalized spacial score (nSPS) is 12.0. The fourth-order valence-corrected chi connectivity index (χ4v) is 4.23. The quantitative estimate of drug-likeness (QED) is 0.360. The van der Waals surface area contributed by atoms with Crippen molar-refractivity contribution in [1.82, 2.24) is 4.98 Å². The van der Waals surface area contributed by atoms with Crippen LogP contribution in [-0.2, 0) is 0 Å². The third-order valence-corrected chi connectivity index (χ3v) is 5.67. The second kappa shape index (κ2) is 7.18. The van der Waals surface area contributed by atoms with Crippen LogP contribution in [0.5, 0.6) is 5.75 Å². The van der Waals surface area contributed by atoms with Crippen LogP contribution in [0, 0.1) is 6.92 Å². The van der Waals surface area contributed by atoms with Crippen LogP contribution >= 0.6 is 11.3 Å². The Hall–Kier alpha value is -3.44. The van der Waals surface area contributed by atoms with Crippen molar-refractivity contribution < 1.29 is 9.15 Å². The Balaban J connectivity index is 1.77. The van der Waals surface area contributed by atoms with Crippen molar-refractivity contribution in [2.24, 2.45) is 4.99 Å². The Morgan fingerprint density at radius 2 is 1.83 bits per heavy atom. The Morgan fingerprint density at radius 3 is 2.66 bits per heavy atom. The van der Waals surface area contributed by atoms with Crippen LogP contribution in [-0.4, -0.2) is 12.1 Å². The van der Waals surface area contributed by atoms with E-state index in [1.165, 1.54) is 5.56 Å². The first-order valence-electron chi connectivity index (χ1n) is 9.29. The summed E-state index contributed by atoms with van der Waals surface area (Å²) in [4.78, 5) is 9.58. The van der Waals surface area contributed by atoms with Crippen LogP contribution in [0.15, 0.2) is 82.2 Å². The molecule has 0 spiro atoms. The molecule has 3 aromatic carbocycles. The molecule has 2 heterocycles. The molecule has 0 aliphatic carbocycles. The van der Waals surface area contributed by atoms with Gasteiger partial charge in [-0.1, -0.05) is 47.7 Å². The number of aryl methyl sites for hydroxylation is 1. The Labute approximate surface area is 171 Å². The standard InChI is InChI=1S/C24H18N2O2S/c1-15-8-10-19-23(12-15)29-24(25-19)26-20-14-22(16-6-4-3-5-7-16)28-21-11-9-17(27-2)13-18(20)21/h3-14H,1-2H3. The van der Waals surface area contributed by atoms with E-state index in [9.17, 15) is 0 Å². The lowest BCUT2D eigenvalue weighted by molar-refractivity contribution is 0.415. The lowest BCUT2D eigenvalue weighted by Crippen LogP contribution is -2.03. The van der Waals surface area contributed by atoms with Gasteiger partial charge in [0, 0.05) is 17.0 Å². The summed E-state index contributed by atoms with van der Waals surface area (Å²) in [5.41, 5.74) is 3.93. The van der Waals surface area contributed by atoms with Crippen LogP contribution in [0.4, 0.5) is 5.13 Å². The zero-order valence-corrected chi connectivity index (χ0v) is 16.9. The topological polar surface area (TPSA) is 47.6 Å². The largest absolute Gasteiger partial charge is 0.497 e. The van der Waals surface area contributed by atoms with Crippen molar-refractivity contribution in [3.63, 3.8) is 0 Å². The molecular weight excluding hydrogens is 380 g/mol. The van der Waals surface area contributed by atoms with Gasteiger partial charge >= 0.3 is 0 Å². The van der Waals surface area contributed by atoms with Crippen LogP contribution in [0.3, 0.4) is 0 Å². The van der Waals surface area contributed by atoms with Crippen LogP contribution < -0.4 is 10.1 Å². The van der Waals surface area contributed by atoms with Crippen molar-refractivity contribution in [3.05, 3.63) is 83.7 Å². The second-order valence-corrected chi connectivity index (χ2v) is 7.81. The number of aromatic nitrogens is 1. The molecule has 0 unspecified atom stereocenters. The van der Waals surface area contributed by atoms with Crippen molar-refractivity contribution in [2.45, 2.75) is 6.92 Å². The monoisotopic (exact) mass is 398 g/mol. The first kappa shape index (κ1) is 17.6.